The minimum absolute atomic E-state index is 0.602. The van der Waals surface area contributed by atoms with E-state index in [1.54, 1.807) is 0 Å². The monoisotopic (exact) mass is 299 g/mol. The first-order chi connectivity index (χ1) is 10.5. The first kappa shape index (κ1) is 16.2. The fourth-order valence-electron chi connectivity index (χ4n) is 2.34. The molecule has 0 spiro atoms. The van der Waals surface area contributed by atoms with E-state index in [0.29, 0.717) is 12.5 Å². The van der Waals surface area contributed by atoms with Gasteiger partial charge in [0.25, 0.3) is 0 Å². The lowest BCUT2D eigenvalue weighted by atomic mass is 10.1. The van der Waals surface area contributed by atoms with Gasteiger partial charge in [-0.1, -0.05) is 19.9 Å². The summed E-state index contributed by atoms with van der Waals surface area (Å²) in [5.41, 5.74) is 5.72. The predicted molar refractivity (Wildman–Crippen MR) is 91.4 cm³/mol. The first-order valence-electron chi connectivity index (χ1n) is 7.78. The molecule has 22 heavy (non-hydrogen) atoms. The fourth-order valence-corrected chi connectivity index (χ4v) is 2.34. The minimum Gasteiger partial charge on any atom is -0.378 e. The van der Waals surface area contributed by atoms with Gasteiger partial charge in [-0.05, 0) is 43.0 Å². The van der Waals surface area contributed by atoms with Crippen LogP contribution in [0.5, 0.6) is 0 Å². The predicted octanol–water partition coefficient (Wildman–Crippen LogP) is 2.98. The molecule has 0 aliphatic rings. The van der Waals surface area contributed by atoms with Crippen molar-refractivity contribution in [3.63, 3.8) is 0 Å². The van der Waals surface area contributed by atoms with Gasteiger partial charge in [-0.25, -0.2) is 4.98 Å². The van der Waals surface area contributed by atoms with Gasteiger partial charge in [0.2, 0.25) is 5.95 Å². The average molecular weight is 299 g/mol. The van der Waals surface area contributed by atoms with Crippen LogP contribution in [-0.2, 0) is 19.4 Å². The maximum absolute atomic E-state index is 4.56. The zero-order chi connectivity index (χ0) is 16.1. The molecule has 0 amide bonds. The SMILES string of the molecule is CCc1nnc(NCc2ccc(N(C)C)cc2C)nc1CC. The molecular weight excluding hydrogens is 274 g/mol. The number of nitrogens with zero attached hydrogens (tertiary/aromatic N) is 4. The molecule has 0 aliphatic carbocycles. The highest BCUT2D eigenvalue weighted by Crippen LogP contribution is 2.18. The van der Waals surface area contributed by atoms with Crippen LogP contribution in [0.25, 0.3) is 0 Å². The summed E-state index contributed by atoms with van der Waals surface area (Å²) >= 11 is 0. The lowest BCUT2D eigenvalue weighted by Crippen LogP contribution is -2.11. The van der Waals surface area contributed by atoms with E-state index in [-0.39, 0.29) is 0 Å². The van der Waals surface area contributed by atoms with Crippen molar-refractivity contribution in [3.05, 3.63) is 40.7 Å². The van der Waals surface area contributed by atoms with E-state index in [0.717, 1.165) is 24.2 Å². The first-order valence-corrected chi connectivity index (χ1v) is 7.78. The van der Waals surface area contributed by atoms with Crippen LogP contribution < -0.4 is 10.2 Å². The van der Waals surface area contributed by atoms with Crippen LogP contribution in [0, 0.1) is 6.92 Å². The van der Waals surface area contributed by atoms with Gasteiger partial charge in [-0.3, -0.25) is 0 Å². The van der Waals surface area contributed by atoms with Crippen molar-refractivity contribution in [2.45, 2.75) is 40.2 Å². The standard InChI is InChI=1S/C17H25N5/c1-6-15-16(7-2)20-21-17(19-15)18-11-13-8-9-14(22(4)5)10-12(13)3/h8-10H,6-7,11H2,1-5H3,(H,18,19,21). The number of nitrogens with one attached hydrogen (secondary N) is 1. The summed E-state index contributed by atoms with van der Waals surface area (Å²) < 4.78 is 0. The van der Waals surface area contributed by atoms with Crippen molar-refractivity contribution < 1.29 is 0 Å². The second-order valence-electron chi connectivity index (χ2n) is 5.59. The molecule has 0 bridgehead atoms. The number of rotatable bonds is 6. The third kappa shape index (κ3) is 3.72. The summed E-state index contributed by atoms with van der Waals surface area (Å²) in [7, 11) is 4.10. The van der Waals surface area contributed by atoms with Crippen molar-refractivity contribution in [2.24, 2.45) is 0 Å². The number of aromatic nitrogens is 3. The largest absolute Gasteiger partial charge is 0.378 e. The quantitative estimate of drug-likeness (QED) is 0.888. The van der Waals surface area contributed by atoms with Gasteiger partial charge >= 0.3 is 0 Å². The molecular formula is C17H25N5. The molecule has 0 atom stereocenters. The van der Waals surface area contributed by atoms with Crippen molar-refractivity contribution in [1.82, 2.24) is 15.2 Å². The highest BCUT2D eigenvalue weighted by Gasteiger charge is 2.07. The molecule has 2 rings (SSSR count). The summed E-state index contributed by atoms with van der Waals surface area (Å²) in [6.45, 7) is 7.00. The van der Waals surface area contributed by atoms with Crippen LogP contribution in [0.4, 0.5) is 11.6 Å². The topological polar surface area (TPSA) is 53.9 Å². The van der Waals surface area contributed by atoms with Crippen molar-refractivity contribution >= 4 is 11.6 Å². The molecule has 0 saturated heterocycles. The van der Waals surface area contributed by atoms with Crippen LogP contribution in [-0.4, -0.2) is 29.3 Å². The smallest absolute Gasteiger partial charge is 0.243 e. The van der Waals surface area contributed by atoms with Gasteiger partial charge < -0.3 is 10.2 Å². The zero-order valence-electron chi connectivity index (χ0n) is 14.1. The summed E-state index contributed by atoms with van der Waals surface area (Å²) in [4.78, 5) is 6.66. The molecule has 5 nitrogen and oxygen atoms in total. The van der Waals surface area contributed by atoms with E-state index in [2.05, 4.69) is 64.4 Å². The Morgan fingerprint density at radius 1 is 1.05 bits per heavy atom. The number of aryl methyl sites for hydroxylation is 3. The molecule has 1 aromatic heterocycles. The van der Waals surface area contributed by atoms with E-state index in [9.17, 15) is 0 Å². The molecule has 1 N–H and O–H groups in total. The molecule has 0 saturated carbocycles. The normalized spacial score (nSPS) is 10.6. The van der Waals surface area contributed by atoms with E-state index in [1.807, 2.05) is 14.1 Å². The van der Waals surface area contributed by atoms with Gasteiger partial charge in [0.15, 0.2) is 0 Å². The Morgan fingerprint density at radius 2 is 1.77 bits per heavy atom. The highest BCUT2D eigenvalue weighted by molar-refractivity contribution is 5.50. The van der Waals surface area contributed by atoms with Crippen LogP contribution >= 0.6 is 0 Å². The number of hydrogen-bond donors (Lipinski definition) is 1. The van der Waals surface area contributed by atoms with E-state index < -0.39 is 0 Å². The molecule has 5 heteroatoms. The lowest BCUT2D eigenvalue weighted by molar-refractivity contribution is 0.819. The Labute approximate surface area is 132 Å². The van der Waals surface area contributed by atoms with Crippen LogP contribution in [0.15, 0.2) is 18.2 Å². The maximum atomic E-state index is 4.56. The zero-order valence-corrected chi connectivity index (χ0v) is 14.1. The van der Waals surface area contributed by atoms with E-state index in [4.69, 9.17) is 0 Å². The molecule has 0 aliphatic heterocycles. The molecule has 0 fully saturated rings. The summed E-state index contributed by atoms with van der Waals surface area (Å²) in [5.74, 6) is 0.602. The third-order valence-corrected chi connectivity index (χ3v) is 3.79. The van der Waals surface area contributed by atoms with Gasteiger partial charge in [0.1, 0.15) is 0 Å². The van der Waals surface area contributed by atoms with E-state index in [1.165, 1.54) is 16.8 Å². The van der Waals surface area contributed by atoms with Gasteiger partial charge in [-0.15, -0.1) is 5.10 Å². The Morgan fingerprint density at radius 3 is 2.36 bits per heavy atom. The third-order valence-electron chi connectivity index (χ3n) is 3.79. The lowest BCUT2D eigenvalue weighted by Gasteiger charge is -2.15. The fraction of sp³-hybridized carbons (Fsp3) is 0.471. The Hall–Kier alpha value is -2.17. The average Bonchev–Trinajstić information content (AvgIpc) is 2.53. The van der Waals surface area contributed by atoms with E-state index >= 15 is 0 Å². The van der Waals surface area contributed by atoms with Crippen molar-refractivity contribution in [1.29, 1.82) is 0 Å². The van der Waals surface area contributed by atoms with Crippen LogP contribution in [0.3, 0.4) is 0 Å². The summed E-state index contributed by atoms with van der Waals surface area (Å²) in [5, 5.41) is 11.7. The summed E-state index contributed by atoms with van der Waals surface area (Å²) in [6, 6.07) is 6.46. The molecule has 2 aromatic rings. The minimum atomic E-state index is 0.602. The molecule has 1 aromatic carbocycles. The molecule has 118 valence electrons. The van der Waals surface area contributed by atoms with Crippen LogP contribution in [0.1, 0.15) is 36.4 Å². The van der Waals surface area contributed by atoms with Gasteiger partial charge in [0, 0.05) is 26.3 Å². The Kier molecular flexibility index (Phi) is 5.31. The second-order valence-corrected chi connectivity index (χ2v) is 5.59. The maximum Gasteiger partial charge on any atom is 0.243 e. The molecule has 0 unspecified atom stereocenters. The van der Waals surface area contributed by atoms with Crippen molar-refractivity contribution in [3.8, 4) is 0 Å². The second kappa shape index (κ2) is 7.20. The number of anilines is 2. The molecule has 1 heterocycles. The highest BCUT2D eigenvalue weighted by atomic mass is 15.2. The molecule has 0 radical (unpaired) electrons. The Bertz CT molecular complexity index is 637. The van der Waals surface area contributed by atoms with Crippen molar-refractivity contribution in [2.75, 3.05) is 24.3 Å². The van der Waals surface area contributed by atoms with Gasteiger partial charge in [0.05, 0.1) is 11.4 Å². The Balaban J connectivity index is 2.10. The number of benzene rings is 1. The van der Waals surface area contributed by atoms with Crippen LogP contribution in [0.2, 0.25) is 0 Å². The number of hydrogen-bond acceptors (Lipinski definition) is 5. The summed E-state index contributed by atoms with van der Waals surface area (Å²) in [6.07, 6.45) is 1.75. The van der Waals surface area contributed by atoms with Gasteiger partial charge in [-0.2, -0.15) is 5.10 Å².